The van der Waals surface area contributed by atoms with E-state index in [4.69, 9.17) is 0 Å². The number of carbonyl (C=O) groups excluding carboxylic acids is 1. The summed E-state index contributed by atoms with van der Waals surface area (Å²) in [6, 6.07) is 0. The van der Waals surface area contributed by atoms with E-state index < -0.39 is 17.3 Å². The lowest BCUT2D eigenvalue weighted by atomic mass is 9.67. The Hall–Kier alpha value is -2.07. The Balaban J connectivity index is 2.44. The maximum Gasteiger partial charge on any atom is 0.171 e. The molecule has 0 heterocycles. The Morgan fingerprint density at radius 2 is 1.96 bits per heavy atom. The minimum atomic E-state index is -1.70. The predicted molar refractivity (Wildman–Crippen MR) is 94.5 cm³/mol. The summed E-state index contributed by atoms with van der Waals surface area (Å²) < 4.78 is 0. The SMILES string of the molecule is C=C(C)C(=O)CCC1C(C)=CC=C2C=C(C(C)C)C(O)=C(O)C21O. The molecule has 0 amide bonds. The third-order valence-electron chi connectivity index (χ3n) is 4.95. The number of hydrogen-bond donors (Lipinski definition) is 3. The minimum Gasteiger partial charge on any atom is -0.506 e. The van der Waals surface area contributed by atoms with Gasteiger partial charge in [-0.1, -0.05) is 38.2 Å². The molecule has 0 radical (unpaired) electrons. The first-order valence-corrected chi connectivity index (χ1v) is 8.25. The maximum atomic E-state index is 11.9. The summed E-state index contributed by atoms with van der Waals surface area (Å²) in [6.07, 6.45) is 5.98. The number of fused-ring (bicyclic) bond motifs is 1. The van der Waals surface area contributed by atoms with Gasteiger partial charge >= 0.3 is 0 Å². The molecule has 0 aromatic heterocycles. The first-order valence-electron chi connectivity index (χ1n) is 8.25. The lowest BCUT2D eigenvalue weighted by Gasteiger charge is -2.42. The average molecular weight is 330 g/mol. The van der Waals surface area contributed by atoms with Gasteiger partial charge in [-0.2, -0.15) is 0 Å². The fourth-order valence-electron chi connectivity index (χ4n) is 3.37. The van der Waals surface area contributed by atoms with Crippen molar-refractivity contribution in [3.05, 3.63) is 58.6 Å². The van der Waals surface area contributed by atoms with Crippen LogP contribution in [0.4, 0.5) is 0 Å². The van der Waals surface area contributed by atoms with E-state index >= 15 is 0 Å². The first-order chi connectivity index (χ1) is 11.1. The minimum absolute atomic E-state index is 0.00745. The molecule has 2 unspecified atom stereocenters. The molecule has 4 heteroatoms. The zero-order valence-electron chi connectivity index (χ0n) is 14.8. The van der Waals surface area contributed by atoms with E-state index in [0.717, 1.165) is 5.57 Å². The van der Waals surface area contributed by atoms with Crippen LogP contribution in [0.3, 0.4) is 0 Å². The second kappa shape index (κ2) is 6.44. The Morgan fingerprint density at radius 1 is 1.33 bits per heavy atom. The number of allylic oxidation sites excluding steroid dienone is 4. The lowest BCUT2D eigenvalue weighted by Crippen LogP contribution is -2.46. The van der Waals surface area contributed by atoms with Crippen molar-refractivity contribution in [2.24, 2.45) is 11.8 Å². The highest BCUT2D eigenvalue weighted by Gasteiger charge is 2.49. The van der Waals surface area contributed by atoms with Crippen LogP contribution in [0.15, 0.2) is 58.6 Å². The molecule has 2 atom stereocenters. The summed E-state index contributed by atoms with van der Waals surface area (Å²) in [7, 11) is 0. The fourth-order valence-corrected chi connectivity index (χ4v) is 3.37. The summed E-state index contributed by atoms with van der Waals surface area (Å²) in [5.74, 6) is -1.24. The van der Waals surface area contributed by atoms with Crippen LogP contribution in [0.5, 0.6) is 0 Å². The predicted octanol–water partition coefficient (Wildman–Crippen LogP) is 4.07. The van der Waals surface area contributed by atoms with E-state index in [1.807, 2.05) is 26.8 Å². The summed E-state index contributed by atoms with van der Waals surface area (Å²) in [5.41, 5.74) is 0.768. The molecule has 3 N–H and O–H groups in total. The molecule has 0 fully saturated rings. The van der Waals surface area contributed by atoms with Crippen molar-refractivity contribution < 1.29 is 20.1 Å². The molecule has 0 saturated carbocycles. The Kier molecular flexibility index (Phi) is 4.90. The number of ketones is 1. The van der Waals surface area contributed by atoms with Crippen LogP contribution in [0.25, 0.3) is 0 Å². The Bertz CT molecular complexity index is 703. The molecule has 2 aliphatic carbocycles. The molecule has 0 aromatic carbocycles. The van der Waals surface area contributed by atoms with Crippen molar-refractivity contribution in [3.63, 3.8) is 0 Å². The van der Waals surface area contributed by atoms with Gasteiger partial charge in [0.05, 0.1) is 0 Å². The van der Waals surface area contributed by atoms with E-state index in [1.165, 1.54) is 0 Å². The van der Waals surface area contributed by atoms with Gasteiger partial charge in [-0.15, -0.1) is 0 Å². The van der Waals surface area contributed by atoms with Gasteiger partial charge in [0.2, 0.25) is 0 Å². The van der Waals surface area contributed by atoms with E-state index in [1.54, 1.807) is 19.1 Å². The standard InChI is InChI=1S/C20H26O4/c1-11(2)15-10-14-7-6-13(5)16(8-9-17(21)12(3)4)20(14,24)19(23)18(15)22/h6-7,10-11,16,22-24H,3,8-9H2,1-2,4-5H3. The van der Waals surface area contributed by atoms with Crippen LogP contribution in [0.2, 0.25) is 0 Å². The molecule has 0 aromatic rings. The second-order valence-electron chi connectivity index (χ2n) is 7.05. The van der Waals surface area contributed by atoms with Gasteiger partial charge in [-0.3, -0.25) is 4.79 Å². The van der Waals surface area contributed by atoms with Crippen molar-refractivity contribution >= 4 is 5.78 Å². The third kappa shape index (κ3) is 2.86. The second-order valence-corrected chi connectivity index (χ2v) is 7.05. The van der Waals surface area contributed by atoms with Crippen LogP contribution >= 0.6 is 0 Å². The monoisotopic (exact) mass is 330 g/mol. The van der Waals surface area contributed by atoms with Gasteiger partial charge < -0.3 is 15.3 Å². The highest BCUT2D eigenvalue weighted by Crippen LogP contribution is 2.47. The molecule has 2 aliphatic rings. The zero-order chi connectivity index (χ0) is 18.2. The van der Waals surface area contributed by atoms with Gasteiger partial charge in [0.25, 0.3) is 0 Å². The molecule has 24 heavy (non-hydrogen) atoms. The van der Waals surface area contributed by atoms with E-state index in [-0.39, 0.29) is 23.9 Å². The number of aliphatic hydroxyl groups excluding tert-OH is 2. The Morgan fingerprint density at radius 3 is 2.50 bits per heavy atom. The molecule has 0 aliphatic heterocycles. The lowest BCUT2D eigenvalue weighted by molar-refractivity contribution is -0.116. The highest BCUT2D eigenvalue weighted by molar-refractivity contribution is 5.94. The van der Waals surface area contributed by atoms with E-state index in [9.17, 15) is 20.1 Å². The molecule has 130 valence electrons. The van der Waals surface area contributed by atoms with Crippen molar-refractivity contribution in [2.75, 3.05) is 0 Å². The van der Waals surface area contributed by atoms with Crippen molar-refractivity contribution in [2.45, 2.75) is 46.1 Å². The fraction of sp³-hybridized carbons (Fsp3) is 0.450. The highest BCUT2D eigenvalue weighted by atomic mass is 16.4. The third-order valence-corrected chi connectivity index (χ3v) is 4.95. The Labute approximate surface area is 143 Å². The number of rotatable bonds is 5. The van der Waals surface area contributed by atoms with Crippen LogP contribution in [-0.2, 0) is 4.79 Å². The normalized spacial score (nSPS) is 26.6. The summed E-state index contributed by atoms with van der Waals surface area (Å²) in [4.78, 5) is 11.9. The maximum absolute atomic E-state index is 11.9. The number of aliphatic hydroxyl groups is 3. The smallest absolute Gasteiger partial charge is 0.171 e. The zero-order valence-corrected chi connectivity index (χ0v) is 14.8. The molecular weight excluding hydrogens is 304 g/mol. The quantitative estimate of drug-likeness (QED) is 0.664. The number of hydrogen-bond acceptors (Lipinski definition) is 4. The average Bonchev–Trinajstić information content (AvgIpc) is 2.50. The van der Waals surface area contributed by atoms with Crippen molar-refractivity contribution in [3.8, 4) is 0 Å². The molecule has 2 rings (SSSR count). The number of carbonyl (C=O) groups is 1. The molecule has 0 spiro atoms. The number of Topliss-reactive ketones (excluding diaryl/α,β-unsaturated/α-hetero) is 1. The summed E-state index contributed by atoms with van der Waals surface area (Å²) in [5, 5.41) is 32.2. The van der Waals surface area contributed by atoms with Gasteiger partial charge in [-0.25, -0.2) is 0 Å². The van der Waals surface area contributed by atoms with Crippen molar-refractivity contribution in [1.29, 1.82) is 0 Å². The van der Waals surface area contributed by atoms with E-state index in [0.29, 0.717) is 23.1 Å². The van der Waals surface area contributed by atoms with Gasteiger partial charge in [-0.05, 0) is 43.4 Å². The van der Waals surface area contributed by atoms with Crippen LogP contribution in [0, 0.1) is 11.8 Å². The van der Waals surface area contributed by atoms with Crippen LogP contribution < -0.4 is 0 Å². The largest absolute Gasteiger partial charge is 0.506 e. The molecule has 0 saturated heterocycles. The van der Waals surface area contributed by atoms with Gasteiger partial charge in [0, 0.05) is 17.9 Å². The molecule has 4 nitrogen and oxygen atoms in total. The summed E-state index contributed by atoms with van der Waals surface area (Å²) >= 11 is 0. The molecule has 0 bridgehead atoms. The topological polar surface area (TPSA) is 77.8 Å². The van der Waals surface area contributed by atoms with Crippen LogP contribution in [0.1, 0.15) is 40.5 Å². The van der Waals surface area contributed by atoms with Crippen molar-refractivity contribution in [1.82, 2.24) is 0 Å². The first kappa shape index (κ1) is 18.3. The summed E-state index contributed by atoms with van der Waals surface area (Å²) in [6.45, 7) is 11.0. The molecular formula is C20H26O4. The van der Waals surface area contributed by atoms with Gasteiger partial charge in [0.1, 0.15) is 0 Å². The van der Waals surface area contributed by atoms with Gasteiger partial charge in [0.15, 0.2) is 22.9 Å². The van der Waals surface area contributed by atoms with E-state index in [2.05, 4.69) is 6.58 Å². The van der Waals surface area contributed by atoms with Crippen LogP contribution in [-0.4, -0.2) is 26.7 Å².